The van der Waals surface area contributed by atoms with Gasteiger partial charge in [-0.1, -0.05) is 57.1 Å². The second-order valence-electron chi connectivity index (χ2n) is 8.33. The van der Waals surface area contributed by atoms with Crippen LogP contribution >= 0.6 is 27.3 Å². The van der Waals surface area contributed by atoms with Crippen molar-refractivity contribution in [3.05, 3.63) is 88.5 Å². The van der Waals surface area contributed by atoms with Gasteiger partial charge in [0.25, 0.3) is 5.56 Å². The van der Waals surface area contributed by atoms with Gasteiger partial charge in [-0.3, -0.25) is 14.2 Å². The van der Waals surface area contributed by atoms with Crippen LogP contribution in [0.1, 0.15) is 43.5 Å². The number of halogens is 1. The minimum atomic E-state index is -0.678. The molecule has 0 radical (unpaired) electrons. The van der Waals surface area contributed by atoms with Crippen molar-refractivity contribution in [1.82, 2.24) is 4.57 Å². The maximum atomic E-state index is 13.8. The van der Waals surface area contributed by atoms with Crippen molar-refractivity contribution in [1.29, 1.82) is 0 Å². The van der Waals surface area contributed by atoms with Crippen LogP contribution in [0.4, 0.5) is 0 Å². The van der Waals surface area contributed by atoms with Gasteiger partial charge >= 0.3 is 11.9 Å². The minimum Gasteiger partial charge on any atom is -0.493 e. The summed E-state index contributed by atoms with van der Waals surface area (Å²) in [6, 6.07) is 10.3. The Morgan fingerprint density at radius 2 is 1.86 bits per heavy atom. The largest absolute Gasteiger partial charge is 0.493 e. The van der Waals surface area contributed by atoms with Crippen molar-refractivity contribution in [3.63, 3.8) is 0 Å². The Morgan fingerprint density at radius 3 is 2.49 bits per heavy atom. The third-order valence-electron chi connectivity index (χ3n) is 5.73. The van der Waals surface area contributed by atoms with Gasteiger partial charge in [-0.25, -0.2) is 9.79 Å². The molecule has 0 saturated heterocycles. The van der Waals surface area contributed by atoms with Crippen LogP contribution < -0.4 is 24.4 Å². The number of aryl methyl sites for hydroxylation is 1. The third-order valence-corrected chi connectivity index (χ3v) is 7.40. The number of ether oxygens (including phenoxy) is 3. The highest BCUT2D eigenvalue weighted by Crippen LogP contribution is 2.34. The number of fused-ring (bicyclic) bond motifs is 1. The summed E-state index contributed by atoms with van der Waals surface area (Å²) in [5.74, 6) is -0.378. The fraction of sp³-hybridized carbons (Fsp3) is 0.259. The van der Waals surface area contributed by atoms with Crippen LogP contribution in [0.15, 0.2) is 61.9 Å². The monoisotopic (exact) mass is 584 g/mol. The first-order valence-electron chi connectivity index (χ1n) is 11.5. The van der Waals surface area contributed by atoms with Crippen molar-refractivity contribution in [2.45, 2.75) is 33.7 Å². The van der Waals surface area contributed by atoms with E-state index < -0.39 is 18.0 Å². The molecule has 1 aliphatic heterocycles. The number of benzene rings is 2. The molecule has 1 aromatic heterocycles. The Hall–Kier alpha value is -3.50. The first kappa shape index (κ1) is 26.6. The molecule has 192 valence electrons. The summed E-state index contributed by atoms with van der Waals surface area (Å²) < 4.78 is 18.5. The predicted octanol–water partition coefficient (Wildman–Crippen LogP) is 3.80. The summed E-state index contributed by atoms with van der Waals surface area (Å²) in [7, 11) is 1.47. The van der Waals surface area contributed by atoms with Crippen molar-refractivity contribution in [2.75, 3.05) is 13.7 Å². The second-order valence-corrected chi connectivity index (χ2v) is 10.2. The lowest BCUT2D eigenvalue weighted by atomic mass is 9.95. The number of allylic oxidation sites excluding steroid dienone is 1. The molecule has 37 heavy (non-hydrogen) atoms. The van der Waals surface area contributed by atoms with Crippen molar-refractivity contribution >= 4 is 45.3 Å². The molecule has 0 fully saturated rings. The van der Waals surface area contributed by atoms with E-state index in [1.165, 1.54) is 25.4 Å². The molecule has 1 aliphatic rings. The van der Waals surface area contributed by atoms with Crippen LogP contribution in [-0.4, -0.2) is 30.2 Å². The van der Waals surface area contributed by atoms with E-state index in [9.17, 15) is 14.4 Å². The van der Waals surface area contributed by atoms with Crippen LogP contribution in [0.3, 0.4) is 0 Å². The molecule has 0 bridgehead atoms. The highest BCUT2D eigenvalue weighted by Gasteiger charge is 2.33. The summed E-state index contributed by atoms with van der Waals surface area (Å²) in [5, 5.41) is 0. The van der Waals surface area contributed by atoms with Crippen molar-refractivity contribution in [2.24, 2.45) is 4.99 Å². The Bertz CT molecular complexity index is 1600. The summed E-state index contributed by atoms with van der Waals surface area (Å²) >= 11 is 4.71. The number of nitrogens with zero attached hydrogens (tertiary/aromatic N) is 2. The molecule has 4 rings (SSSR count). The van der Waals surface area contributed by atoms with Gasteiger partial charge in [0, 0.05) is 11.4 Å². The number of hydrogen-bond acceptors (Lipinski definition) is 8. The van der Waals surface area contributed by atoms with Crippen molar-refractivity contribution < 1.29 is 23.8 Å². The lowest BCUT2D eigenvalue weighted by Crippen LogP contribution is -2.39. The van der Waals surface area contributed by atoms with E-state index in [1.54, 1.807) is 36.6 Å². The van der Waals surface area contributed by atoms with E-state index >= 15 is 0 Å². The average Bonchev–Trinajstić information content (AvgIpc) is 3.14. The fourth-order valence-electron chi connectivity index (χ4n) is 4.05. The van der Waals surface area contributed by atoms with Gasteiger partial charge in [0.15, 0.2) is 16.3 Å². The number of esters is 2. The van der Waals surface area contributed by atoms with E-state index in [2.05, 4.69) is 20.9 Å². The summed E-state index contributed by atoms with van der Waals surface area (Å²) in [4.78, 5) is 43.3. The first-order chi connectivity index (χ1) is 17.6. The summed E-state index contributed by atoms with van der Waals surface area (Å²) in [6.07, 6.45) is 1.71. The normalized spacial score (nSPS) is 15.2. The van der Waals surface area contributed by atoms with E-state index in [0.717, 1.165) is 11.1 Å². The molecular weight excluding hydrogens is 560 g/mol. The average molecular weight is 585 g/mol. The Kier molecular flexibility index (Phi) is 7.79. The summed E-state index contributed by atoms with van der Waals surface area (Å²) in [5.41, 5.74) is 3.03. The first-order valence-corrected chi connectivity index (χ1v) is 13.1. The van der Waals surface area contributed by atoms with Crippen LogP contribution in [0, 0.1) is 6.92 Å². The molecule has 2 heterocycles. The highest BCUT2D eigenvalue weighted by molar-refractivity contribution is 9.10. The molecule has 0 spiro atoms. The lowest BCUT2D eigenvalue weighted by molar-refractivity contribution is -0.139. The predicted molar refractivity (Wildman–Crippen MR) is 144 cm³/mol. The zero-order chi connectivity index (χ0) is 26.9. The molecule has 2 aromatic carbocycles. The zero-order valence-electron chi connectivity index (χ0n) is 21.0. The fourth-order valence-corrected chi connectivity index (χ4v) is 5.53. The number of methoxy groups -OCH3 is 1. The summed E-state index contributed by atoms with van der Waals surface area (Å²) in [6.45, 7) is 6.98. The third kappa shape index (κ3) is 5.30. The number of carbonyl (C=O) groups excluding carboxylic acids is 2. The molecule has 0 saturated carbocycles. The van der Waals surface area contributed by atoms with Gasteiger partial charge in [0.05, 0.1) is 35.6 Å². The molecule has 0 N–H and O–H groups in total. The van der Waals surface area contributed by atoms with Gasteiger partial charge in [-0.2, -0.15) is 0 Å². The lowest BCUT2D eigenvalue weighted by Gasteiger charge is -2.24. The maximum Gasteiger partial charge on any atom is 0.338 e. The number of thiazole rings is 1. The van der Waals surface area contributed by atoms with Gasteiger partial charge < -0.3 is 14.2 Å². The zero-order valence-corrected chi connectivity index (χ0v) is 23.4. The smallest absolute Gasteiger partial charge is 0.338 e. The quantitative estimate of drug-likeness (QED) is 0.323. The molecule has 3 aromatic rings. The van der Waals surface area contributed by atoms with E-state index in [0.29, 0.717) is 36.4 Å². The number of aromatic nitrogens is 1. The van der Waals surface area contributed by atoms with Crippen LogP contribution in [-0.2, 0) is 14.3 Å². The van der Waals surface area contributed by atoms with Gasteiger partial charge in [0.2, 0.25) is 0 Å². The Morgan fingerprint density at radius 1 is 1.16 bits per heavy atom. The van der Waals surface area contributed by atoms with E-state index in [1.807, 2.05) is 31.2 Å². The molecule has 8 nitrogen and oxygen atoms in total. The molecule has 0 aliphatic carbocycles. The van der Waals surface area contributed by atoms with E-state index in [-0.39, 0.29) is 17.9 Å². The topological polar surface area (TPSA) is 96.2 Å². The minimum absolute atomic E-state index is 0.208. The Labute approximate surface area is 225 Å². The number of hydrogen-bond donors (Lipinski definition) is 0. The SMILES string of the molecule is CCOC(=O)C1=C(C)N=c2s/c(=C/c3cc(OC)c(OC(C)=O)cc3Br)c(=O)n2[C@H]1c1ccc(C)cc1. The van der Waals surface area contributed by atoms with Crippen LogP contribution in [0.2, 0.25) is 0 Å². The van der Waals surface area contributed by atoms with Gasteiger partial charge in [-0.05, 0) is 50.1 Å². The standard InChI is InChI=1S/C27H25BrN2O6S/c1-6-35-26(33)23-15(3)29-27-30(24(23)17-9-7-14(2)8-10-17)25(32)22(37-27)12-18-11-20(34-5)21(13-19(18)28)36-16(4)31/h7-13,24H,6H2,1-5H3/b22-12+/t24-/m0/s1. The van der Waals surface area contributed by atoms with Crippen LogP contribution in [0.5, 0.6) is 11.5 Å². The van der Waals surface area contributed by atoms with Crippen molar-refractivity contribution in [3.8, 4) is 11.5 Å². The molecule has 0 unspecified atom stereocenters. The number of rotatable bonds is 6. The molecule has 0 amide bonds. The maximum absolute atomic E-state index is 13.8. The number of carbonyl (C=O) groups is 2. The van der Waals surface area contributed by atoms with Gasteiger partial charge in [-0.15, -0.1) is 0 Å². The Balaban J connectivity index is 1.92. The van der Waals surface area contributed by atoms with E-state index in [4.69, 9.17) is 14.2 Å². The molecule has 10 heteroatoms. The van der Waals surface area contributed by atoms with Crippen LogP contribution in [0.25, 0.3) is 6.08 Å². The highest BCUT2D eigenvalue weighted by atomic mass is 79.9. The second kappa shape index (κ2) is 10.9. The van der Waals surface area contributed by atoms with Gasteiger partial charge in [0.1, 0.15) is 0 Å². The molecule has 1 atom stereocenters. The molecular formula is C27H25BrN2O6S.